The van der Waals surface area contributed by atoms with Crippen LogP contribution >= 0.6 is 0 Å². The lowest BCUT2D eigenvalue weighted by Gasteiger charge is -2.05. The molecule has 0 spiro atoms. The van der Waals surface area contributed by atoms with Crippen LogP contribution in [0.4, 0.5) is 0 Å². The Kier molecular flexibility index (Phi) is 1.43. The van der Waals surface area contributed by atoms with Crippen LogP contribution in [-0.2, 0) is 0 Å². The van der Waals surface area contributed by atoms with Gasteiger partial charge in [-0.05, 0) is 44.0 Å². The summed E-state index contributed by atoms with van der Waals surface area (Å²) in [5.41, 5.74) is 2.55. The Labute approximate surface area is 82.8 Å². The molecule has 1 aliphatic carbocycles. The number of hydrogen-bond donors (Lipinski definition) is 1. The van der Waals surface area contributed by atoms with Crippen LogP contribution in [0.2, 0.25) is 0 Å². The van der Waals surface area contributed by atoms with Crippen LogP contribution in [0, 0.1) is 6.92 Å². The fourth-order valence-corrected chi connectivity index (χ4v) is 2.18. The second-order valence-electron chi connectivity index (χ2n) is 4.13. The van der Waals surface area contributed by atoms with Gasteiger partial charge in [0.1, 0.15) is 5.75 Å². The molecule has 2 nitrogen and oxygen atoms in total. The standard InChI is InChI=1S/C12H13NO/c1-8-6-9-7-11(14)4-5-12(9)13(8)10-2-3-10/h4-7,10,14H,2-3H2,1H3. The maximum atomic E-state index is 9.38. The van der Waals surface area contributed by atoms with Gasteiger partial charge < -0.3 is 9.67 Å². The van der Waals surface area contributed by atoms with Crippen molar-refractivity contribution in [3.63, 3.8) is 0 Å². The van der Waals surface area contributed by atoms with Crippen molar-refractivity contribution < 1.29 is 5.11 Å². The molecule has 2 heteroatoms. The van der Waals surface area contributed by atoms with Gasteiger partial charge in [0.05, 0.1) is 0 Å². The predicted octanol–water partition coefficient (Wildman–Crippen LogP) is 2.99. The summed E-state index contributed by atoms with van der Waals surface area (Å²) >= 11 is 0. The third kappa shape index (κ3) is 1.03. The molecule has 72 valence electrons. The lowest BCUT2D eigenvalue weighted by atomic mass is 10.2. The Hall–Kier alpha value is -1.44. The van der Waals surface area contributed by atoms with E-state index in [0.29, 0.717) is 11.8 Å². The minimum Gasteiger partial charge on any atom is -0.508 e. The molecular weight excluding hydrogens is 174 g/mol. The summed E-state index contributed by atoms with van der Waals surface area (Å²) in [7, 11) is 0. The van der Waals surface area contributed by atoms with E-state index < -0.39 is 0 Å². The molecule has 0 radical (unpaired) electrons. The molecule has 1 aliphatic rings. The van der Waals surface area contributed by atoms with E-state index in [-0.39, 0.29) is 0 Å². The zero-order chi connectivity index (χ0) is 9.71. The van der Waals surface area contributed by atoms with Crippen LogP contribution in [-0.4, -0.2) is 9.67 Å². The zero-order valence-corrected chi connectivity index (χ0v) is 8.20. The van der Waals surface area contributed by atoms with Crippen LogP contribution in [0.5, 0.6) is 5.75 Å². The van der Waals surface area contributed by atoms with Gasteiger partial charge in [-0.15, -0.1) is 0 Å². The second kappa shape index (κ2) is 2.53. The molecule has 1 N–H and O–H groups in total. The van der Waals surface area contributed by atoms with Crippen LogP contribution in [0.15, 0.2) is 24.3 Å². The summed E-state index contributed by atoms with van der Waals surface area (Å²) in [5.74, 6) is 0.352. The van der Waals surface area contributed by atoms with Crippen molar-refractivity contribution in [2.24, 2.45) is 0 Å². The van der Waals surface area contributed by atoms with Crippen LogP contribution in [0.25, 0.3) is 10.9 Å². The summed E-state index contributed by atoms with van der Waals surface area (Å²) in [4.78, 5) is 0. The molecule has 0 aliphatic heterocycles. The van der Waals surface area contributed by atoms with Crippen molar-refractivity contribution in [1.82, 2.24) is 4.57 Å². The summed E-state index contributed by atoms with van der Waals surface area (Å²) in [6, 6.07) is 8.46. The highest BCUT2D eigenvalue weighted by Gasteiger charge is 2.25. The molecule has 1 aromatic carbocycles. The van der Waals surface area contributed by atoms with Crippen molar-refractivity contribution in [2.45, 2.75) is 25.8 Å². The summed E-state index contributed by atoms with van der Waals surface area (Å²) in [6.45, 7) is 2.13. The van der Waals surface area contributed by atoms with Crippen LogP contribution in [0.3, 0.4) is 0 Å². The van der Waals surface area contributed by atoms with Crippen LogP contribution in [0.1, 0.15) is 24.6 Å². The number of phenolic OH excluding ortho intramolecular Hbond substituents is 1. The van der Waals surface area contributed by atoms with E-state index in [4.69, 9.17) is 0 Å². The number of benzene rings is 1. The van der Waals surface area contributed by atoms with E-state index in [9.17, 15) is 5.11 Å². The number of nitrogens with zero attached hydrogens (tertiary/aromatic N) is 1. The predicted molar refractivity (Wildman–Crippen MR) is 56.6 cm³/mol. The van der Waals surface area contributed by atoms with Gasteiger partial charge in [0, 0.05) is 22.6 Å². The van der Waals surface area contributed by atoms with E-state index in [1.165, 1.54) is 24.1 Å². The van der Waals surface area contributed by atoms with Gasteiger partial charge in [0.15, 0.2) is 0 Å². The smallest absolute Gasteiger partial charge is 0.116 e. The molecular formula is C12H13NO. The quantitative estimate of drug-likeness (QED) is 0.729. The molecule has 1 heterocycles. The molecule has 0 saturated heterocycles. The molecule has 1 saturated carbocycles. The summed E-state index contributed by atoms with van der Waals surface area (Å²) < 4.78 is 2.38. The van der Waals surface area contributed by atoms with Crippen molar-refractivity contribution >= 4 is 10.9 Å². The largest absolute Gasteiger partial charge is 0.508 e. The van der Waals surface area contributed by atoms with Gasteiger partial charge in [0.2, 0.25) is 0 Å². The average molecular weight is 187 g/mol. The first-order valence-corrected chi connectivity index (χ1v) is 5.06. The van der Waals surface area contributed by atoms with E-state index in [1.54, 1.807) is 6.07 Å². The van der Waals surface area contributed by atoms with Crippen molar-refractivity contribution in [3.05, 3.63) is 30.0 Å². The molecule has 2 aromatic rings. The van der Waals surface area contributed by atoms with Gasteiger partial charge in [-0.2, -0.15) is 0 Å². The van der Waals surface area contributed by atoms with E-state index >= 15 is 0 Å². The first-order chi connectivity index (χ1) is 6.75. The Balaban J connectivity index is 2.32. The lowest BCUT2D eigenvalue weighted by molar-refractivity contribution is 0.476. The first-order valence-electron chi connectivity index (χ1n) is 5.06. The Morgan fingerprint density at radius 2 is 2.07 bits per heavy atom. The topological polar surface area (TPSA) is 25.2 Å². The highest BCUT2D eigenvalue weighted by atomic mass is 16.3. The Morgan fingerprint density at radius 3 is 2.79 bits per heavy atom. The lowest BCUT2D eigenvalue weighted by Crippen LogP contribution is -1.94. The molecule has 0 unspecified atom stereocenters. The van der Waals surface area contributed by atoms with E-state index in [2.05, 4.69) is 17.6 Å². The highest BCUT2D eigenvalue weighted by molar-refractivity contribution is 5.83. The van der Waals surface area contributed by atoms with E-state index in [1.807, 2.05) is 12.1 Å². The average Bonchev–Trinajstić information content (AvgIpc) is 2.89. The SMILES string of the molecule is Cc1cc2cc(O)ccc2n1C1CC1. The zero-order valence-electron chi connectivity index (χ0n) is 8.20. The van der Waals surface area contributed by atoms with Gasteiger partial charge in [-0.1, -0.05) is 0 Å². The fourth-order valence-electron chi connectivity index (χ4n) is 2.18. The molecule has 1 aromatic heterocycles. The van der Waals surface area contributed by atoms with Crippen molar-refractivity contribution in [3.8, 4) is 5.75 Å². The minimum absolute atomic E-state index is 0.352. The third-order valence-corrected chi connectivity index (χ3v) is 2.93. The summed E-state index contributed by atoms with van der Waals surface area (Å²) in [6.07, 6.45) is 2.59. The number of hydrogen-bond acceptors (Lipinski definition) is 1. The Morgan fingerprint density at radius 1 is 1.29 bits per heavy atom. The van der Waals surface area contributed by atoms with Gasteiger partial charge >= 0.3 is 0 Å². The summed E-state index contributed by atoms with van der Waals surface area (Å²) in [5, 5.41) is 10.5. The number of phenols is 1. The number of aromatic nitrogens is 1. The fraction of sp³-hybridized carbons (Fsp3) is 0.333. The van der Waals surface area contributed by atoms with Crippen molar-refractivity contribution in [2.75, 3.05) is 0 Å². The Bertz CT molecular complexity index is 494. The first kappa shape index (κ1) is 7.92. The molecule has 0 atom stereocenters. The molecule has 0 amide bonds. The maximum absolute atomic E-state index is 9.38. The van der Waals surface area contributed by atoms with Gasteiger partial charge in [0.25, 0.3) is 0 Å². The molecule has 3 rings (SSSR count). The minimum atomic E-state index is 0.352. The van der Waals surface area contributed by atoms with Gasteiger partial charge in [-0.25, -0.2) is 0 Å². The number of aromatic hydroxyl groups is 1. The number of rotatable bonds is 1. The van der Waals surface area contributed by atoms with E-state index in [0.717, 1.165) is 5.39 Å². The van der Waals surface area contributed by atoms with Crippen molar-refractivity contribution in [1.29, 1.82) is 0 Å². The number of fused-ring (bicyclic) bond motifs is 1. The maximum Gasteiger partial charge on any atom is 0.116 e. The monoisotopic (exact) mass is 187 g/mol. The molecule has 0 bridgehead atoms. The molecule has 14 heavy (non-hydrogen) atoms. The normalized spacial score (nSPS) is 16.4. The third-order valence-electron chi connectivity index (χ3n) is 2.93. The highest BCUT2D eigenvalue weighted by Crippen LogP contribution is 2.39. The van der Waals surface area contributed by atoms with Gasteiger partial charge in [-0.3, -0.25) is 0 Å². The molecule has 1 fully saturated rings. The number of aryl methyl sites for hydroxylation is 1. The van der Waals surface area contributed by atoms with Crippen LogP contribution < -0.4 is 0 Å². The second-order valence-corrected chi connectivity index (χ2v) is 4.13.